The van der Waals surface area contributed by atoms with Crippen LogP contribution in [-0.2, 0) is 48.4 Å². The average molecular weight is 548 g/mol. The number of hydrogen-bond acceptors (Lipinski definition) is 8. The Morgan fingerprint density at radius 2 is 1.38 bits per heavy atom. The molecular weight excluding hydrogens is 510 g/mol. The van der Waals surface area contributed by atoms with Crippen molar-refractivity contribution in [1.29, 1.82) is 0 Å². The molecule has 8 heteroatoms. The van der Waals surface area contributed by atoms with Crippen LogP contribution in [0.15, 0.2) is 91.0 Å². The summed E-state index contributed by atoms with van der Waals surface area (Å²) in [6.07, 6.45) is -1.44. The number of carbonyl (C=O) groups excluding carboxylic acids is 1. The number of nitrogens with zero attached hydrogens (tertiary/aromatic N) is 1. The van der Waals surface area contributed by atoms with E-state index in [1.807, 2.05) is 96.1 Å². The number of ether oxygens (including phenoxy) is 4. The highest BCUT2D eigenvalue weighted by atomic mass is 16.7. The van der Waals surface area contributed by atoms with Gasteiger partial charge in [-0.05, 0) is 23.1 Å². The van der Waals surface area contributed by atoms with E-state index in [4.69, 9.17) is 23.8 Å². The van der Waals surface area contributed by atoms with E-state index in [0.717, 1.165) is 16.7 Å². The molecule has 0 aliphatic carbocycles. The van der Waals surface area contributed by atoms with Crippen molar-refractivity contribution in [2.24, 2.45) is 0 Å². The molecule has 2 heterocycles. The summed E-state index contributed by atoms with van der Waals surface area (Å²) in [6, 6.07) is 29.6. The highest BCUT2D eigenvalue weighted by Gasteiger charge is 2.57. The number of fused-ring (bicyclic) bond motifs is 1. The van der Waals surface area contributed by atoms with Gasteiger partial charge in [-0.15, -0.1) is 0 Å². The summed E-state index contributed by atoms with van der Waals surface area (Å²) in [5.74, 6) is -0.460. The predicted molar refractivity (Wildman–Crippen MR) is 148 cm³/mol. The van der Waals surface area contributed by atoms with Crippen molar-refractivity contribution in [2.75, 3.05) is 13.2 Å². The van der Waals surface area contributed by atoms with E-state index in [0.29, 0.717) is 32.8 Å². The molecule has 0 aromatic heterocycles. The first-order valence-electron chi connectivity index (χ1n) is 13.8. The fourth-order valence-corrected chi connectivity index (χ4v) is 5.45. The molecule has 2 aliphatic heterocycles. The van der Waals surface area contributed by atoms with E-state index in [2.05, 4.69) is 0 Å². The second-order valence-corrected chi connectivity index (χ2v) is 10.2. The number of carbonyl (C=O) groups is 1. The van der Waals surface area contributed by atoms with Gasteiger partial charge in [0.1, 0.15) is 18.3 Å². The highest BCUT2D eigenvalue weighted by molar-refractivity contribution is 5.66. The minimum absolute atomic E-state index is 0.176. The lowest BCUT2D eigenvalue weighted by atomic mass is 10.00. The van der Waals surface area contributed by atoms with Gasteiger partial charge in [0.25, 0.3) is 0 Å². The van der Waals surface area contributed by atoms with E-state index in [1.54, 1.807) is 0 Å². The second-order valence-electron chi connectivity index (χ2n) is 10.2. The Morgan fingerprint density at radius 1 is 0.850 bits per heavy atom. The maximum atomic E-state index is 11.7. The van der Waals surface area contributed by atoms with Gasteiger partial charge >= 0.3 is 5.97 Å². The molecule has 0 unspecified atom stereocenters. The summed E-state index contributed by atoms with van der Waals surface area (Å²) in [6.45, 7) is 2.63. The SMILES string of the molecule is CC(=O)O[C@@H](CO)[C@H]1C[C@@H]2[C@@H](OCc3ccccc3)[C@H](OCc3ccccc3)[C@@H](COCc3ccccc3)N2O1. The lowest BCUT2D eigenvalue weighted by Crippen LogP contribution is -2.44. The summed E-state index contributed by atoms with van der Waals surface area (Å²) in [5.41, 5.74) is 3.20. The van der Waals surface area contributed by atoms with Crippen molar-refractivity contribution < 1.29 is 33.7 Å². The van der Waals surface area contributed by atoms with Crippen molar-refractivity contribution in [1.82, 2.24) is 5.06 Å². The van der Waals surface area contributed by atoms with E-state index in [9.17, 15) is 9.90 Å². The normalized spacial score (nSPS) is 25.0. The van der Waals surface area contributed by atoms with Crippen molar-refractivity contribution in [3.63, 3.8) is 0 Å². The Morgan fingerprint density at radius 3 is 1.90 bits per heavy atom. The van der Waals surface area contributed by atoms with Crippen LogP contribution in [0.2, 0.25) is 0 Å². The molecule has 0 bridgehead atoms. The third-order valence-corrected chi connectivity index (χ3v) is 7.35. The number of benzene rings is 3. The number of aliphatic hydroxyl groups is 1. The molecule has 5 rings (SSSR count). The molecule has 2 aliphatic rings. The van der Waals surface area contributed by atoms with Gasteiger partial charge in [0.05, 0.1) is 45.1 Å². The zero-order chi connectivity index (χ0) is 27.7. The van der Waals surface area contributed by atoms with Crippen molar-refractivity contribution in [3.05, 3.63) is 108 Å². The van der Waals surface area contributed by atoms with Crippen LogP contribution in [0, 0.1) is 0 Å². The van der Waals surface area contributed by atoms with Crippen LogP contribution < -0.4 is 0 Å². The van der Waals surface area contributed by atoms with E-state index in [1.165, 1.54) is 6.92 Å². The summed E-state index contributed by atoms with van der Waals surface area (Å²) >= 11 is 0. The van der Waals surface area contributed by atoms with Crippen LogP contribution in [0.3, 0.4) is 0 Å². The zero-order valence-corrected chi connectivity index (χ0v) is 22.7. The molecule has 0 spiro atoms. The van der Waals surface area contributed by atoms with Crippen molar-refractivity contribution in [3.8, 4) is 0 Å². The average Bonchev–Trinajstić information content (AvgIpc) is 3.53. The first-order valence-corrected chi connectivity index (χ1v) is 13.8. The fourth-order valence-electron chi connectivity index (χ4n) is 5.45. The molecule has 3 aromatic carbocycles. The van der Waals surface area contributed by atoms with Crippen LogP contribution in [-0.4, -0.2) is 65.9 Å². The van der Waals surface area contributed by atoms with Gasteiger partial charge in [-0.1, -0.05) is 91.0 Å². The zero-order valence-electron chi connectivity index (χ0n) is 22.7. The fraction of sp³-hybridized carbons (Fsp3) is 0.406. The van der Waals surface area contributed by atoms with Crippen LogP contribution in [0.25, 0.3) is 0 Å². The van der Waals surface area contributed by atoms with Gasteiger partial charge in [0.2, 0.25) is 0 Å². The highest BCUT2D eigenvalue weighted by Crippen LogP contribution is 2.40. The second kappa shape index (κ2) is 14.0. The molecule has 212 valence electrons. The summed E-state index contributed by atoms with van der Waals surface area (Å²) in [4.78, 5) is 18.1. The molecule has 6 atom stereocenters. The molecule has 3 aromatic rings. The van der Waals surface area contributed by atoms with Crippen LogP contribution in [0.4, 0.5) is 0 Å². The third-order valence-electron chi connectivity index (χ3n) is 7.35. The largest absolute Gasteiger partial charge is 0.457 e. The Balaban J connectivity index is 1.37. The molecule has 8 nitrogen and oxygen atoms in total. The lowest BCUT2D eigenvalue weighted by molar-refractivity contribution is -0.221. The quantitative estimate of drug-likeness (QED) is 0.321. The van der Waals surface area contributed by atoms with Crippen molar-refractivity contribution >= 4 is 5.97 Å². The number of rotatable bonds is 13. The van der Waals surface area contributed by atoms with Gasteiger partial charge in [-0.2, -0.15) is 5.06 Å². The van der Waals surface area contributed by atoms with Gasteiger partial charge in [-0.25, -0.2) is 0 Å². The lowest BCUT2D eigenvalue weighted by Gasteiger charge is -2.30. The van der Waals surface area contributed by atoms with Gasteiger partial charge in [0.15, 0.2) is 6.10 Å². The molecule has 40 heavy (non-hydrogen) atoms. The standard InChI is InChI=1S/C32H37NO7/c1-23(35)39-30(18-34)29-17-27-31(37-20-25-13-7-3-8-14-25)32(38-21-26-15-9-4-10-16-26)28(33(27)40-29)22-36-19-24-11-5-2-6-12-24/h2-16,27-32,34H,17-22H2,1H3/t27-,28-,29-,30+,31-,32-/m1/s1. The third kappa shape index (κ3) is 7.14. The van der Waals surface area contributed by atoms with E-state index in [-0.39, 0.29) is 30.9 Å². The maximum absolute atomic E-state index is 11.7. The summed E-state index contributed by atoms with van der Waals surface area (Å²) < 4.78 is 24.7. The van der Waals surface area contributed by atoms with Gasteiger partial charge < -0.3 is 24.1 Å². The Kier molecular flexibility index (Phi) is 9.94. The number of hydroxylamine groups is 2. The first-order chi connectivity index (χ1) is 19.6. The molecule has 0 radical (unpaired) electrons. The van der Waals surface area contributed by atoms with E-state index < -0.39 is 18.2 Å². The Hall–Kier alpha value is -3.11. The molecule has 1 N–H and O–H groups in total. The molecule has 2 fully saturated rings. The molecule has 2 saturated heterocycles. The summed E-state index contributed by atoms with van der Waals surface area (Å²) in [5, 5.41) is 11.9. The van der Waals surface area contributed by atoms with Gasteiger partial charge in [-0.3, -0.25) is 9.63 Å². The maximum Gasteiger partial charge on any atom is 0.303 e. The van der Waals surface area contributed by atoms with Crippen LogP contribution in [0.1, 0.15) is 30.0 Å². The van der Waals surface area contributed by atoms with E-state index >= 15 is 0 Å². The topological polar surface area (TPSA) is 86.7 Å². The van der Waals surface area contributed by atoms with Crippen molar-refractivity contribution in [2.45, 2.75) is 69.7 Å². The number of aliphatic hydroxyl groups excluding tert-OH is 1. The Bertz CT molecular complexity index is 1180. The number of hydrogen-bond donors (Lipinski definition) is 1. The monoisotopic (exact) mass is 547 g/mol. The Labute approximate surface area is 235 Å². The number of esters is 1. The first kappa shape index (κ1) is 28.4. The van der Waals surface area contributed by atoms with Crippen LogP contribution >= 0.6 is 0 Å². The predicted octanol–water partition coefficient (Wildman–Crippen LogP) is 4.05. The van der Waals surface area contributed by atoms with Gasteiger partial charge in [0, 0.05) is 6.92 Å². The molecular formula is C32H37NO7. The minimum atomic E-state index is -0.771. The van der Waals surface area contributed by atoms with Crippen LogP contribution in [0.5, 0.6) is 0 Å². The minimum Gasteiger partial charge on any atom is -0.457 e. The smallest absolute Gasteiger partial charge is 0.303 e. The molecule has 0 saturated carbocycles. The summed E-state index contributed by atoms with van der Waals surface area (Å²) in [7, 11) is 0. The molecule has 0 amide bonds.